The highest BCUT2D eigenvalue weighted by Crippen LogP contribution is 2.44. The Morgan fingerprint density at radius 1 is 1.12 bits per heavy atom. The molecule has 5 rings (SSSR count). The Bertz CT molecular complexity index is 1180. The van der Waals surface area contributed by atoms with Gasteiger partial charge in [-0.1, -0.05) is 22.0 Å². The Morgan fingerprint density at radius 2 is 1.91 bits per heavy atom. The summed E-state index contributed by atoms with van der Waals surface area (Å²) in [6.45, 7) is 0.336. The van der Waals surface area contributed by atoms with Crippen molar-refractivity contribution in [2.75, 3.05) is 6.61 Å². The molecule has 0 saturated carbocycles. The van der Waals surface area contributed by atoms with E-state index in [1.807, 2.05) is 30.3 Å². The minimum Gasteiger partial charge on any atom is -0.492 e. The van der Waals surface area contributed by atoms with Gasteiger partial charge in [-0.15, -0.1) is 0 Å². The minimum absolute atomic E-state index is 0.0234. The van der Waals surface area contributed by atoms with Crippen LogP contribution in [0.4, 0.5) is 4.39 Å². The molecular weight excluding hydrogens is 479 g/mol. The molecule has 0 bridgehead atoms. The van der Waals surface area contributed by atoms with E-state index in [9.17, 15) is 9.18 Å². The molecule has 2 atom stereocenters. The number of benzene rings is 3. The minimum atomic E-state index is -0.856. The van der Waals surface area contributed by atoms with Gasteiger partial charge in [0, 0.05) is 33.1 Å². The molecule has 1 aliphatic heterocycles. The molecule has 1 heterocycles. The second kappa shape index (κ2) is 8.47. The number of aliphatic carboxylic acids is 1. The van der Waals surface area contributed by atoms with Gasteiger partial charge < -0.3 is 19.3 Å². The lowest BCUT2D eigenvalue weighted by molar-refractivity contribution is -0.137. The van der Waals surface area contributed by atoms with E-state index in [0.717, 1.165) is 15.6 Å². The summed E-state index contributed by atoms with van der Waals surface area (Å²) in [6.07, 6.45) is 0.862. The van der Waals surface area contributed by atoms with Crippen molar-refractivity contribution in [1.82, 2.24) is 0 Å². The van der Waals surface area contributed by atoms with Crippen LogP contribution in [-0.2, 0) is 11.2 Å². The van der Waals surface area contributed by atoms with E-state index >= 15 is 0 Å². The van der Waals surface area contributed by atoms with Crippen LogP contribution in [0.3, 0.4) is 0 Å². The number of carboxylic acid groups (broad SMARTS) is 1. The van der Waals surface area contributed by atoms with Crippen LogP contribution < -0.4 is 14.2 Å². The lowest BCUT2D eigenvalue weighted by atomic mass is 9.98. The van der Waals surface area contributed by atoms with E-state index in [1.54, 1.807) is 18.2 Å². The average molecular weight is 499 g/mol. The Balaban J connectivity index is 1.37. The van der Waals surface area contributed by atoms with Crippen molar-refractivity contribution >= 4 is 21.9 Å². The summed E-state index contributed by atoms with van der Waals surface area (Å²) < 4.78 is 33.6. The second-order valence-corrected chi connectivity index (χ2v) is 8.86. The third-order valence-electron chi connectivity index (χ3n) is 5.85. The number of halogens is 2. The first-order valence-corrected chi connectivity index (χ1v) is 11.2. The molecule has 0 saturated heterocycles. The van der Waals surface area contributed by atoms with Gasteiger partial charge in [-0.3, -0.25) is 4.79 Å². The van der Waals surface area contributed by atoms with Crippen molar-refractivity contribution in [3.63, 3.8) is 0 Å². The Kier molecular flexibility index (Phi) is 5.51. The topological polar surface area (TPSA) is 65.0 Å². The quantitative estimate of drug-likeness (QED) is 0.426. The molecule has 0 unspecified atom stereocenters. The highest BCUT2D eigenvalue weighted by Gasteiger charge is 2.32. The summed E-state index contributed by atoms with van der Waals surface area (Å²) in [4.78, 5) is 11.0. The Morgan fingerprint density at radius 3 is 2.69 bits per heavy atom. The van der Waals surface area contributed by atoms with Gasteiger partial charge in [0.2, 0.25) is 0 Å². The van der Waals surface area contributed by atoms with Crippen molar-refractivity contribution in [3.8, 4) is 23.0 Å². The van der Waals surface area contributed by atoms with Crippen LogP contribution in [0.25, 0.3) is 0 Å². The maximum Gasteiger partial charge on any atom is 0.304 e. The van der Waals surface area contributed by atoms with Gasteiger partial charge in [0.15, 0.2) is 0 Å². The van der Waals surface area contributed by atoms with Crippen LogP contribution in [0, 0.1) is 5.82 Å². The van der Waals surface area contributed by atoms with Crippen molar-refractivity contribution in [1.29, 1.82) is 0 Å². The van der Waals surface area contributed by atoms with Crippen LogP contribution in [0.2, 0.25) is 0 Å². The highest BCUT2D eigenvalue weighted by molar-refractivity contribution is 9.10. The number of rotatable bonds is 6. The summed E-state index contributed by atoms with van der Waals surface area (Å²) in [5.41, 5.74) is 2.20. The van der Waals surface area contributed by atoms with E-state index in [2.05, 4.69) is 15.9 Å². The molecule has 3 aromatic rings. The van der Waals surface area contributed by atoms with Crippen molar-refractivity contribution in [3.05, 3.63) is 81.6 Å². The molecule has 5 nitrogen and oxygen atoms in total. The van der Waals surface area contributed by atoms with Crippen molar-refractivity contribution < 1.29 is 28.5 Å². The van der Waals surface area contributed by atoms with Gasteiger partial charge in [-0.05, 0) is 55.3 Å². The summed E-state index contributed by atoms with van der Waals surface area (Å²) >= 11 is 3.41. The Hall–Kier alpha value is -3.06. The summed E-state index contributed by atoms with van der Waals surface area (Å²) in [6, 6.07) is 15.9. The molecule has 7 heteroatoms. The molecule has 2 aliphatic rings. The number of ether oxygens (including phenoxy) is 3. The average Bonchev–Trinajstić information content (AvgIpc) is 3.36. The SMILES string of the molecule is O=C(O)C[C@@H]1COc2cc(O[C@@H]3CCc4c(Oc5ccc(Br)cc5)ccc(F)c43)ccc21. The third-order valence-corrected chi connectivity index (χ3v) is 6.37. The highest BCUT2D eigenvalue weighted by atomic mass is 79.9. The number of carbonyl (C=O) groups is 1. The fraction of sp³-hybridized carbons (Fsp3) is 0.240. The lowest BCUT2D eigenvalue weighted by Crippen LogP contribution is -2.07. The molecule has 0 fully saturated rings. The molecule has 3 aromatic carbocycles. The van der Waals surface area contributed by atoms with Crippen LogP contribution in [0.15, 0.2) is 59.1 Å². The van der Waals surface area contributed by atoms with Crippen molar-refractivity contribution in [2.45, 2.75) is 31.3 Å². The van der Waals surface area contributed by atoms with Gasteiger partial charge in [-0.2, -0.15) is 0 Å². The standard InChI is InChI=1S/C25H20BrFO5/c26-15-1-3-16(4-2-15)31-21-10-8-20(27)25-19(21)7-9-22(25)32-17-5-6-18-14(11-24(28)29)13-30-23(18)12-17/h1-6,8,10,12,14,22H,7,9,11,13H2,(H,28,29)/t14-,22-/m1/s1. The molecule has 0 aromatic heterocycles. The molecule has 32 heavy (non-hydrogen) atoms. The zero-order valence-corrected chi connectivity index (χ0v) is 18.6. The summed E-state index contributed by atoms with van der Waals surface area (Å²) in [5, 5.41) is 9.06. The predicted molar refractivity (Wildman–Crippen MR) is 119 cm³/mol. The van der Waals surface area contributed by atoms with Gasteiger partial charge in [0.25, 0.3) is 0 Å². The molecule has 1 aliphatic carbocycles. The Labute approximate surface area is 192 Å². The van der Waals surface area contributed by atoms with E-state index in [4.69, 9.17) is 19.3 Å². The molecular formula is C25H20BrFO5. The fourth-order valence-corrected chi connectivity index (χ4v) is 4.62. The molecule has 1 N–H and O–H groups in total. The van der Waals surface area contributed by atoms with E-state index in [-0.39, 0.29) is 18.2 Å². The van der Waals surface area contributed by atoms with Crippen LogP contribution in [0.5, 0.6) is 23.0 Å². The van der Waals surface area contributed by atoms with Crippen LogP contribution in [0.1, 0.15) is 41.6 Å². The first kappa shape index (κ1) is 20.8. The first-order valence-electron chi connectivity index (χ1n) is 10.4. The fourth-order valence-electron chi connectivity index (χ4n) is 4.36. The van der Waals surface area contributed by atoms with Gasteiger partial charge in [0.1, 0.15) is 34.9 Å². The first-order chi connectivity index (χ1) is 15.5. The summed E-state index contributed by atoms with van der Waals surface area (Å²) in [7, 11) is 0. The number of hydrogen-bond donors (Lipinski definition) is 1. The summed E-state index contributed by atoms with van der Waals surface area (Å²) in [5.74, 6) is 1.16. The maximum atomic E-state index is 14.8. The number of fused-ring (bicyclic) bond motifs is 2. The smallest absolute Gasteiger partial charge is 0.304 e. The number of hydrogen-bond acceptors (Lipinski definition) is 4. The monoisotopic (exact) mass is 498 g/mol. The van der Waals surface area contributed by atoms with E-state index in [0.29, 0.717) is 48.0 Å². The zero-order chi connectivity index (χ0) is 22.2. The van der Waals surface area contributed by atoms with E-state index in [1.165, 1.54) is 6.07 Å². The molecule has 0 amide bonds. The largest absolute Gasteiger partial charge is 0.492 e. The van der Waals surface area contributed by atoms with Gasteiger partial charge in [0.05, 0.1) is 13.0 Å². The number of carboxylic acids is 1. The molecule has 0 radical (unpaired) electrons. The predicted octanol–water partition coefficient (Wildman–Crippen LogP) is 6.40. The molecule has 164 valence electrons. The normalized spacial score (nSPS) is 18.6. The lowest BCUT2D eigenvalue weighted by Gasteiger charge is -2.17. The van der Waals surface area contributed by atoms with Crippen LogP contribution >= 0.6 is 15.9 Å². The van der Waals surface area contributed by atoms with E-state index < -0.39 is 12.1 Å². The van der Waals surface area contributed by atoms with Gasteiger partial charge in [-0.25, -0.2) is 4.39 Å². The maximum absolute atomic E-state index is 14.8. The van der Waals surface area contributed by atoms with Crippen LogP contribution in [-0.4, -0.2) is 17.7 Å². The third kappa shape index (κ3) is 4.05. The molecule has 0 spiro atoms. The van der Waals surface area contributed by atoms with Crippen molar-refractivity contribution in [2.24, 2.45) is 0 Å². The zero-order valence-electron chi connectivity index (χ0n) is 17.0. The second-order valence-electron chi connectivity index (χ2n) is 7.94. The van der Waals surface area contributed by atoms with Gasteiger partial charge >= 0.3 is 5.97 Å².